The fourth-order valence-electron chi connectivity index (χ4n) is 1.53. The molecule has 0 fully saturated rings. The van der Waals surface area contributed by atoms with Crippen LogP contribution in [0.25, 0.3) is 22.4 Å². The Morgan fingerprint density at radius 3 is 2.59 bits per heavy atom. The zero-order valence-corrected chi connectivity index (χ0v) is 8.71. The van der Waals surface area contributed by atoms with Crippen molar-refractivity contribution in [3.8, 4) is 11.3 Å². The minimum Gasteiger partial charge on any atom is -0.242 e. The first-order chi connectivity index (χ1) is 8.33. The molecule has 0 aliphatic rings. The summed E-state index contributed by atoms with van der Waals surface area (Å²) in [6.07, 6.45) is 4.64. The molecule has 5 heteroatoms. The Bertz CT molecular complexity index is 667. The van der Waals surface area contributed by atoms with Crippen LogP contribution in [0.2, 0.25) is 0 Å². The highest BCUT2D eigenvalue weighted by Crippen LogP contribution is 2.18. The van der Waals surface area contributed by atoms with Crippen LogP contribution in [0.1, 0.15) is 0 Å². The number of nitrogens with zero attached hydrogens (tertiary/aromatic N) is 4. The third-order valence-corrected chi connectivity index (χ3v) is 2.36. The normalized spacial score (nSPS) is 10.6. The number of benzene rings is 1. The van der Waals surface area contributed by atoms with Crippen molar-refractivity contribution in [2.45, 2.75) is 0 Å². The number of halogens is 1. The van der Waals surface area contributed by atoms with E-state index in [1.807, 2.05) is 0 Å². The third kappa shape index (κ3) is 1.82. The molecular formula is C12H7FN4. The largest absolute Gasteiger partial charge is 0.242 e. The van der Waals surface area contributed by atoms with E-state index in [0.717, 1.165) is 5.56 Å². The first kappa shape index (κ1) is 9.77. The third-order valence-electron chi connectivity index (χ3n) is 2.36. The standard InChI is InChI=1S/C12H7FN4/c13-9-3-1-8(2-4-9)10-6-15-12-11(17-10)5-14-7-16-12/h1-7H. The Labute approximate surface area is 96.2 Å². The van der Waals surface area contributed by atoms with Gasteiger partial charge in [0.1, 0.15) is 17.7 Å². The first-order valence-electron chi connectivity index (χ1n) is 5.01. The van der Waals surface area contributed by atoms with E-state index in [0.29, 0.717) is 16.9 Å². The Kier molecular flexibility index (Phi) is 2.22. The molecule has 2 heterocycles. The van der Waals surface area contributed by atoms with E-state index >= 15 is 0 Å². The van der Waals surface area contributed by atoms with Gasteiger partial charge in [0.15, 0.2) is 5.65 Å². The molecule has 0 unspecified atom stereocenters. The molecule has 0 radical (unpaired) electrons. The number of rotatable bonds is 1. The van der Waals surface area contributed by atoms with Gasteiger partial charge in [0.25, 0.3) is 0 Å². The van der Waals surface area contributed by atoms with Crippen LogP contribution < -0.4 is 0 Å². The van der Waals surface area contributed by atoms with Crippen LogP contribution in [-0.4, -0.2) is 19.9 Å². The van der Waals surface area contributed by atoms with Crippen LogP contribution in [0.4, 0.5) is 4.39 Å². The van der Waals surface area contributed by atoms with Gasteiger partial charge in [-0.05, 0) is 24.3 Å². The van der Waals surface area contributed by atoms with Crippen molar-refractivity contribution in [1.82, 2.24) is 19.9 Å². The molecular weight excluding hydrogens is 219 g/mol. The van der Waals surface area contributed by atoms with Gasteiger partial charge in [0.2, 0.25) is 0 Å². The topological polar surface area (TPSA) is 51.6 Å². The summed E-state index contributed by atoms with van der Waals surface area (Å²) in [5.74, 6) is -0.272. The monoisotopic (exact) mass is 226 g/mol. The van der Waals surface area contributed by atoms with Crippen molar-refractivity contribution in [2.24, 2.45) is 0 Å². The second-order valence-corrected chi connectivity index (χ2v) is 3.49. The Morgan fingerprint density at radius 2 is 1.76 bits per heavy atom. The molecule has 3 aromatic rings. The average Bonchev–Trinajstić information content (AvgIpc) is 2.39. The molecule has 17 heavy (non-hydrogen) atoms. The summed E-state index contributed by atoms with van der Waals surface area (Å²) in [4.78, 5) is 16.4. The van der Waals surface area contributed by atoms with Crippen molar-refractivity contribution in [1.29, 1.82) is 0 Å². The molecule has 4 nitrogen and oxygen atoms in total. The molecule has 0 saturated carbocycles. The van der Waals surface area contributed by atoms with Gasteiger partial charge < -0.3 is 0 Å². The van der Waals surface area contributed by atoms with Gasteiger partial charge in [-0.1, -0.05) is 0 Å². The van der Waals surface area contributed by atoms with E-state index in [2.05, 4.69) is 19.9 Å². The summed E-state index contributed by atoms with van der Waals surface area (Å²) in [6.45, 7) is 0. The zero-order chi connectivity index (χ0) is 11.7. The summed E-state index contributed by atoms with van der Waals surface area (Å²) in [5.41, 5.74) is 2.65. The lowest BCUT2D eigenvalue weighted by molar-refractivity contribution is 0.628. The number of aromatic nitrogens is 4. The van der Waals surface area contributed by atoms with E-state index in [4.69, 9.17) is 0 Å². The Balaban J connectivity index is 2.14. The Morgan fingerprint density at radius 1 is 0.941 bits per heavy atom. The molecule has 82 valence electrons. The highest BCUT2D eigenvalue weighted by molar-refractivity contribution is 5.72. The molecule has 0 aliphatic carbocycles. The van der Waals surface area contributed by atoms with Gasteiger partial charge in [-0.3, -0.25) is 0 Å². The van der Waals surface area contributed by atoms with Gasteiger partial charge in [0, 0.05) is 5.56 Å². The number of hydrogen-bond donors (Lipinski definition) is 0. The predicted molar refractivity (Wildman–Crippen MR) is 60.5 cm³/mol. The maximum absolute atomic E-state index is 12.8. The minimum absolute atomic E-state index is 0.272. The average molecular weight is 226 g/mol. The van der Waals surface area contributed by atoms with Crippen LogP contribution in [0.3, 0.4) is 0 Å². The lowest BCUT2D eigenvalue weighted by Crippen LogP contribution is -1.91. The highest BCUT2D eigenvalue weighted by atomic mass is 19.1. The van der Waals surface area contributed by atoms with Crippen molar-refractivity contribution < 1.29 is 4.39 Å². The zero-order valence-electron chi connectivity index (χ0n) is 8.71. The molecule has 1 aromatic carbocycles. The van der Waals surface area contributed by atoms with E-state index in [1.165, 1.54) is 18.5 Å². The van der Waals surface area contributed by atoms with Crippen LogP contribution >= 0.6 is 0 Å². The molecule has 0 amide bonds. The van der Waals surface area contributed by atoms with E-state index in [1.54, 1.807) is 24.5 Å². The smallest absolute Gasteiger partial charge is 0.181 e. The maximum atomic E-state index is 12.8. The van der Waals surface area contributed by atoms with Crippen LogP contribution in [0, 0.1) is 5.82 Å². The van der Waals surface area contributed by atoms with Gasteiger partial charge in [0.05, 0.1) is 18.1 Å². The van der Waals surface area contributed by atoms with Gasteiger partial charge in [-0.2, -0.15) is 0 Å². The molecule has 0 saturated heterocycles. The Hall–Kier alpha value is -2.43. The summed E-state index contributed by atoms with van der Waals surface area (Å²) < 4.78 is 12.8. The summed E-state index contributed by atoms with van der Waals surface area (Å²) >= 11 is 0. The van der Waals surface area contributed by atoms with Gasteiger partial charge in [-0.15, -0.1) is 0 Å². The van der Waals surface area contributed by atoms with Crippen LogP contribution in [0.15, 0.2) is 43.0 Å². The molecule has 0 aliphatic heterocycles. The SMILES string of the molecule is Fc1ccc(-c2cnc3ncncc3n2)cc1. The van der Waals surface area contributed by atoms with E-state index in [9.17, 15) is 4.39 Å². The molecule has 3 rings (SSSR count). The molecule has 0 N–H and O–H groups in total. The maximum Gasteiger partial charge on any atom is 0.181 e. The predicted octanol–water partition coefficient (Wildman–Crippen LogP) is 2.23. The first-order valence-corrected chi connectivity index (χ1v) is 5.01. The van der Waals surface area contributed by atoms with E-state index in [-0.39, 0.29) is 5.82 Å². The molecule has 0 bridgehead atoms. The van der Waals surface area contributed by atoms with Gasteiger partial charge in [-0.25, -0.2) is 24.3 Å². The highest BCUT2D eigenvalue weighted by Gasteiger charge is 2.03. The van der Waals surface area contributed by atoms with E-state index < -0.39 is 0 Å². The van der Waals surface area contributed by atoms with Crippen molar-refractivity contribution in [2.75, 3.05) is 0 Å². The summed E-state index contributed by atoms with van der Waals surface area (Å²) in [5, 5.41) is 0. The quantitative estimate of drug-likeness (QED) is 0.638. The van der Waals surface area contributed by atoms with Crippen LogP contribution in [0.5, 0.6) is 0 Å². The molecule has 0 spiro atoms. The summed E-state index contributed by atoms with van der Waals surface area (Å²) in [7, 11) is 0. The second kappa shape index (κ2) is 3.86. The fraction of sp³-hybridized carbons (Fsp3) is 0. The minimum atomic E-state index is -0.272. The second-order valence-electron chi connectivity index (χ2n) is 3.49. The van der Waals surface area contributed by atoms with Crippen molar-refractivity contribution in [3.05, 3.63) is 48.8 Å². The molecule has 0 atom stereocenters. The molecule has 2 aromatic heterocycles. The number of hydrogen-bond acceptors (Lipinski definition) is 4. The lowest BCUT2D eigenvalue weighted by atomic mass is 10.1. The number of fused-ring (bicyclic) bond motifs is 1. The van der Waals surface area contributed by atoms with Crippen LogP contribution in [-0.2, 0) is 0 Å². The summed E-state index contributed by atoms with van der Waals surface area (Å²) in [6, 6.07) is 6.11. The van der Waals surface area contributed by atoms with Gasteiger partial charge >= 0.3 is 0 Å². The van der Waals surface area contributed by atoms with Crippen molar-refractivity contribution in [3.63, 3.8) is 0 Å². The lowest BCUT2D eigenvalue weighted by Gasteiger charge is -2.01. The van der Waals surface area contributed by atoms with Crippen molar-refractivity contribution >= 4 is 11.2 Å². The fourth-order valence-corrected chi connectivity index (χ4v) is 1.53.